The maximum Gasteiger partial charge on any atom is 0.449 e. The molecule has 1 aromatic heterocycles. The Balaban J connectivity index is 1.51. The molecule has 8 nitrogen and oxygen atoms in total. The normalized spacial score (nSPS) is 17.6. The van der Waals surface area contributed by atoms with E-state index in [0.717, 1.165) is 4.57 Å². The summed E-state index contributed by atoms with van der Waals surface area (Å²) in [6.45, 7) is 1.20. The zero-order valence-electron chi connectivity index (χ0n) is 20.0. The van der Waals surface area contributed by atoms with E-state index in [0.29, 0.717) is 38.3 Å². The van der Waals surface area contributed by atoms with Crippen LogP contribution in [0.4, 0.5) is 26.3 Å². The van der Waals surface area contributed by atoms with Gasteiger partial charge in [0.1, 0.15) is 5.82 Å². The van der Waals surface area contributed by atoms with Crippen LogP contribution in [0.3, 0.4) is 0 Å². The molecule has 1 atom stereocenters. The quantitative estimate of drug-likeness (QED) is 0.471. The van der Waals surface area contributed by atoms with Crippen molar-refractivity contribution in [1.29, 1.82) is 0 Å². The van der Waals surface area contributed by atoms with Crippen molar-refractivity contribution in [2.24, 2.45) is 5.73 Å². The van der Waals surface area contributed by atoms with Gasteiger partial charge in [0, 0.05) is 57.8 Å². The molecule has 202 valence electrons. The number of halogens is 6. The number of hydrogen-bond acceptors (Lipinski definition) is 5. The highest BCUT2D eigenvalue weighted by atomic mass is 19.4. The van der Waals surface area contributed by atoms with Crippen molar-refractivity contribution in [2.45, 2.75) is 38.1 Å². The first-order valence-electron chi connectivity index (χ1n) is 11.7. The largest absolute Gasteiger partial charge is 0.449 e. The van der Waals surface area contributed by atoms with Crippen LogP contribution in [0.25, 0.3) is 0 Å². The van der Waals surface area contributed by atoms with Crippen LogP contribution in [-0.4, -0.2) is 81.9 Å². The third kappa shape index (κ3) is 5.74. The molecule has 2 aliphatic heterocycles. The molecule has 2 aromatic rings. The van der Waals surface area contributed by atoms with Crippen LogP contribution in [0.2, 0.25) is 0 Å². The number of aromatic nitrogens is 2. The maximum absolute atomic E-state index is 13.9. The summed E-state index contributed by atoms with van der Waals surface area (Å²) in [6, 6.07) is 0.0989. The van der Waals surface area contributed by atoms with E-state index in [-0.39, 0.29) is 49.4 Å². The molecule has 2 amide bonds. The molecular formula is C23H26F6N6O2. The van der Waals surface area contributed by atoms with Gasteiger partial charge in [-0.2, -0.15) is 13.2 Å². The average molecular weight is 532 g/mol. The number of carbonyl (C=O) groups excluding carboxylic acids is 2. The lowest BCUT2D eigenvalue weighted by molar-refractivity contribution is -0.148. The van der Waals surface area contributed by atoms with Crippen molar-refractivity contribution in [3.05, 3.63) is 52.4 Å². The molecule has 0 saturated carbocycles. The molecule has 3 heterocycles. The number of piperazine rings is 1. The fourth-order valence-corrected chi connectivity index (χ4v) is 4.56. The van der Waals surface area contributed by atoms with Gasteiger partial charge in [0.05, 0.1) is 12.2 Å². The van der Waals surface area contributed by atoms with Gasteiger partial charge in [0.2, 0.25) is 11.7 Å². The zero-order chi connectivity index (χ0) is 27.1. The van der Waals surface area contributed by atoms with Gasteiger partial charge in [-0.25, -0.2) is 18.2 Å². The van der Waals surface area contributed by atoms with Crippen LogP contribution in [0.5, 0.6) is 0 Å². The fraction of sp³-hybridized carbons (Fsp3) is 0.522. The number of fused-ring (bicyclic) bond motifs is 1. The highest BCUT2D eigenvalue weighted by Gasteiger charge is 2.42. The van der Waals surface area contributed by atoms with Crippen LogP contribution in [0, 0.1) is 17.5 Å². The van der Waals surface area contributed by atoms with Crippen molar-refractivity contribution in [1.82, 2.24) is 24.3 Å². The highest BCUT2D eigenvalue weighted by molar-refractivity contribution is 5.94. The standard InChI is InChI=1S/C23H26F6N6O2/c1-32-2-4-33(5-3-32)21(37)20-18-12-34(6-7-35(18)22(31-20)23(27,28)29)19(36)10-14(30)8-13-9-16(25)17(26)11-15(13)24/h9,11,14H,2-8,10,12,30H2,1H3. The van der Waals surface area contributed by atoms with Crippen LogP contribution < -0.4 is 5.73 Å². The fourth-order valence-electron chi connectivity index (χ4n) is 4.56. The first-order valence-corrected chi connectivity index (χ1v) is 11.7. The Labute approximate surface area is 208 Å². The molecule has 0 radical (unpaired) electrons. The summed E-state index contributed by atoms with van der Waals surface area (Å²) in [5.74, 6) is -5.97. The number of nitrogens with two attached hydrogens (primary N) is 1. The van der Waals surface area contributed by atoms with Crippen LogP contribution >= 0.6 is 0 Å². The molecule has 1 unspecified atom stereocenters. The summed E-state index contributed by atoms with van der Waals surface area (Å²) in [5, 5.41) is 0. The van der Waals surface area contributed by atoms with Gasteiger partial charge in [0.15, 0.2) is 17.3 Å². The number of amides is 2. The lowest BCUT2D eigenvalue weighted by Crippen LogP contribution is -2.48. The van der Waals surface area contributed by atoms with Crippen molar-refractivity contribution < 1.29 is 35.9 Å². The highest BCUT2D eigenvalue weighted by Crippen LogP contribution is 2.33. The molecule has 4 rings (SSSR count). The molecule has 1 aromatic carbocycles. The molecule has 2 aliphatic rings. The minimum absolute atomic E-state index is 0.0175. The Kier molecular flexibility index (Phi) is 7.51. The summed E-state index contributed by atoms with van der Waals surface area (Å²) < 4.78 is 82.5. The molecule has 1 saturated heterocycles. The minimum atomic E-state index is -4.79. The second-order valence-electron chi connectivity index (χ2n) is 9.32. The molecule has 0 aliphatic carbocycles. The first kappa shape index (κ1) is 26.9. The molecular weight excluding hydrogens is 506 g/mol. The first-order chi connectivity index (χ1) is 17.3. The van der Waals surface area contributed by atoms with E-state index in [2.05, 4.69) is 4.98 Å². The van der Waals surface area contributed by atoms with Crippen LogP contribution in [0.15, 0.2) is 12.1 Å². The van der Waals surface area contributed by atoms with Gasteiger partial charge in [-0.15, -0.1) is 0 Å². The second-order valence-corrected chi connectivity index (χ2v) is 9.32. The molecule has 0 spiro atoms. The van der Waals surface area contributed by atoms with E-state index in [1.807, 2.05) is 11.9 Å². The van der Waals surface area contributed by atoms with Gasteiger partial charge in [-0.05, 0) is 25.1 Å². The van der Waals surface area contributed by atoms with E-state index in [9.17, 15) is 35.9 Å². The minimum Gasteiger partial charge on any atom is -0.335 e. The van der Waals surface area contributed by atoms with Crippen LogP contribution in [-0.2, 0) is 30.5 Å². The Bertz CT molecular complexity index is 1190. The topological polar surface area (TPSA) is 87.7 Å². The molecule has 0 bridgehead atoms. The summed E-state index contributed by atoms with van der Waals surface area (Å²) in [6.07, 6.45) is -5.37. The summed E-state index contributed by atoms with van der Waals surface area (Å²) in [5.41, 5.74) is 5.39. The van der Waals surface area contributed by atoms with Crippen molar-refractivity contribution in [2.75, 3.05) is 39.8 Å². The number of rotatable bonds is 5. The van der Waals surface area contributed by atoms with Gasteiger partial charge >= 0.3 is 6.18 Å². The zero-order valence-corrected chi connectivity index (χ0v) is 20.0. The summed E-state index contributed by atoms with van der Waals surface area (Å²) in [7, 11) is 1.87. The molecule has 14 heteroatoms. The number of likely N-dealkylation sites (N-methyl/N-ethyl adjacent to an activating group) is 1. The van der Waals surface area contributed by atoms with Crippen molar-refractivity contribution in [3.8, 4) is 0 Å². The number of carbonyl (C=O) groups is 2. The van der Waals surface area contributed by atoms with E-state index in [4.69, 9.17) is 5.73 Å². The van der Waals surface area contributed by atoms with Gasteiger partial charge in [0.25, 0.3) is 5.91 Å². The maximum atomic E-state index is 13.9. The predicted octanol–water partition coefficient (Wildman–Crippen LogP) is 2.01. The molecule has 37 heavy (non-hydrogen) atoms. The van der Waals surface area contributed by atoms with Gasteiger partial charge in [-0.3, -0.25) is 9.59 Å². The summed E-state index contributed by atoms with van der Waals surface area (Å²) >= 11 is 0. The third-order valence-corrected chi connectivity index (χ3v) is 6.61. The van der Waals surface area contributed by atoms with E-state index < -0.39 is 47.3 Å². The Hall–Kier alpha value is -3.13. The lowest BCUT2D eigenvalue weighted by Gasteiger charge is -2.33. The SMILES string of the molecule is CN1CCN(C(=O)c2nc(C(F)(F)F)n3c2CN(C(=O)CC(N)Cc2cc(F)c(F)cc2F)CC3)CC1. The number of nitrogens with zero attached hydrogens (tertiary/aromatic N) is 5. The number of imidazole rings is 1. The Morgan fingerprint density at radius 1 is 0.973 bits per heavy atom. The van der Waals surface area contributed by atoms with Crippen LogP contribution in [0.1, 0.15) is 34.0 Å². The Morgan fingerprint density at radius 3 is 2.24 bits per heavy atom. The number of alkyl halides is 3. The van der Waals surface area contributed by atoms with Gasteiger partial charge < -0.3 is 25.0 Å². The Morgan fingerprint density at radius 2 is 1.59 bits per heavy atom. The molecule has 1 fully saturated rings. The van der Waals surface area contributed by atoms with E-state index in [1.54, 1.807) is 0 Å². The number of benzene rings is 1. The molecule has 2 N–H and O–H groups in total. The lowest BCUT2D eigenvalue weighted by atomic mass is 10.0. The van der Waals surface area contributed by atoms with E-state index in [1.165, 1.54) is 9.80 Å². The number of hydrogen-bond donors (Lipinski definition) is 1. The smallest absolute Gasteiger partial charge is 0.335 e. The third-order valence-electron chi connectivity index (χ3n) is 6.61. The van der Waals surface area contributed by atoms with Gasteiger partial charge in [-0.1, -0.05) is 0 Å². The predicted molar refractivity (Wildman–Crippen MR) is 119 cm³/mol. The summed E-state index contributed by atoms with van der Waals surface area (Å²) in [4.78, 5) is 34.4. The average Bonchev–Trinajstić information content (AvgIpc) is 3.22. The second kappa shape index (κ2) is 10.3. The van der Waals surface area contributed by atoms with Crippen molar-refractivity contribution in [3.63, 3.8) is 0 Å². The van der Waals surface area contributed by atoms with E-state index >= 15 is 0 Å². The monoisotopic (exact) mass is 532 g/mol. The van der Waals surface area contributed by atoms with Crippen molar-refractivity contribution >= 4 is 11.8 Å².